The molecule has 0 aromatic heterocycles. The maximum Gasteiger partial charge on any atom is 0.311 e. The topological polar surface area (TPSA) is 98.8 Å². The summed E-state index contributed by atoms with van der Waals surface area (Å²) in [5.41, 5.74) is 1.13. The second-order valence-corrected chi connectivity index (χ2v) is 7.00. The van der Waals surface area contributed by atoms with Crippen LogP contribution in [0.2, 0.25) is 0 Å². The molecule has 2 aliphatic rings. The van der Waals surface area contributed by atoms with Crippen LogP contribution in [0, 0.1) is 0 Å². The van der Waals surface area contributed by atoms with Gasteiger partial charge in [-0.05, 0) is 31.9 Å². The van der Waals surface area contributed by atoms with Gasteiger partial charge in [0.05, 0.1) is 6.54 Å². The van der Waals surface area contributed by atoms with Crippen LogP contribution in [0.3, 0.4) is 0 Å². The molecule has 0 radical (unpaired) electrons. The van der Waals surface area contributed by atoms with Gasteiger partial charge in [0.15, 0.2) is 5.78 Å². The number of hydrogen-bond acceptors (Lipinski definition) is 5. The lowest BCUT2D eigenvalue weighted by atomic mass is 10.1. The maximum absolute atomic E-state index is 12.2. The Morgan fingerprint density at radius 1 is 1.07 bits per heavy atom. The van der Waals surface area contributed by atoms with Gasteiger partial charge < -0.3 is 15.5 Å². The van der Waals surface area contributed by atoms with Crippen LogP contribution < -0.4 is 10.6 Å². The normalized spacial score (nSPS) is 17.3. The van der Waals surface area contributed by atoms with E-state index in [4.69, 9.17) is 0 Å². The van der Waals surface area contributed by atoms with E-state index < -0.39 is 11.8 Å². The molecule has 0 atom stereocenters. The molecule has 144 valence electrons. The zero-order valence-corrected chi connectivity index (χ0v) is 15.4. The molecule has 1 aliphatic carbocycles. The van der Waals surface area contributed by atoms with Crippen molar-refractivity contribution in [3.63, 3.8) is 0 Å². The molecule has 0 unspecified atom stereocenters. The number of amides is 3. The van der Waals surface area contributed by atoms with Gasteiger partial charge in [0.1, 0.15) is 0 Å². The average molecular weight is 372 g/mol. The van der Waals surface area contributed by atoms with Crippen LogP contribution in [-0.4, -0.2) is 72.1 Å². The summed E-state index contributed by atoms with van der Waals surface area (Å²) in [6.07, 6.45) is 1.88. The third-order valence-corrected chi connectivity index (χ3v) is 4.69. The quantitative estimate of drug-likeness (QED) is 0.570. The van der Waals surface area contributed by atoms with Gasteiger partial charge in [0, 0.05) is 43.5 Å². The standard InChI is InChI=1S/C19H24N4O4/c1-13(24)14-3-2-4-16(11-14)20-17(25)12-22-7-9-23(10-8-22)19(27)18(26)21-15-5-6-15/h2-4,11,15H,5-10,12H2,1H3,(H,20,25)(H,21,26). The number of anilines is 1. The van der Waals surface area contributed by atoms with Gasteiger partial charge in [-0.15, -0.1) is 0 Å². The fourth-order valence-electron chi connectivity index (χ4n) is 2.95. The van der Waals surface area contributed by atoms with E-state index in [1.54, 1.807) is 24.3 Å². The van der Waals surface area contributed by atoms with E-state index in [1.807, 2.05) is 4.90 Å². The predicted molar refractivity (Wildman–Crippen MR) is 99.3 cm³/mol. The number of rotatable bonds is 5. The van der Waals surface area contributed by atoms with Crippen molar-refractivity contribution in [1.29, 1.82) is 0 Å². The lowest BCUT2D eigenvalue weighted by Crippen LogP contribution is -2.53. The summed E-state index contributed by atoms with van der Waals surface area (Å²) in [5, 5.41) is 5.49. The molecule has 1 saturated carbocycles. The van der Waals surface area contributed by atoms with E-state index in [1.165, 1.54) is 11.8 Å². The second kappa shape index (κ2) is 8.30. The van der Waals surface area contributed by atoms with Crippen molar-refractivity contribution < 1.29 is 19.2 Å². The van der Waals surface area contributed by atoms with Gasteiger partial charge in [0.25, 0.3) is 0 Å². The molecule has 0 spiro atoms. The summed E-state index contributed by atoms with van der Waals surface area (Å²) in [5.74, 6) is -1.26. The molecule has 1 saturated heterocycles. The molecular formula is C19H24N4O4. The van der Waals surface area contributed by atoms with Gasteiger partial charge in [-0.1, -0.05) is 12.1 Å². The van der Waals surface area contributed by atoms with Crippen LogP contribution >= 0.6 is 0 Å². The minimum absolute atomic E-state index is 0.0578. The Morgan fingerprint density at radius 3 is 2.41 bits per heavy atom. The lowest BCUT2D eigenvalue weighted by Gasteiger charge is -2.33. The minimum atomic E-state index is -0.533. The number of nitrogens with one attached hydrogen (secondary N) is 2. The lowest BCUT2D eigenvalue weighted by molar-refractivity contribution is -0.147. The molecule has 3 amide bonds. The van der Waals surface area contributed by atoms with Crippen LogP contribution in [0.15, 0.2) is 24.3 Å². The van der Waals surface area contributed by atoms with Crippen molar-refractivity contribution in [2.24, 2.45) is 0 Å². The number of Topliss-reactive ketones (excluding diaryl/α,β-unsaturated/α-hetero) is 1. The summed E-state index contributed by atoms with van der Waals surface area (Å²) in [6.45, 7) is 3.58. The highest BCUT2D eigenvalue weighted by molar-refractivity contribution is 6.35. The van der Waals surface area contributed by atoms with E-state index in [-0.39, 0.29) is 24.3 Å². The number of carbonyl (C=O) groups is 4. The Hall–Kier alpha value is -2.74. The zero-order chi connectivity index (χ0) is 19.4. The van der Waals surface area contributed by atoms with Crippen LogP contribution in [-0.2, 0) is 14.4 Å². The molecule has 2 fully saturated rings. The third-order valence-electron chi connectivity index (χ3n) is 4.69. The summed E-state index contributed by atoms with van der Waals surface area (Å²) in [4.78, 5) is 51.0. The fraction of sp³-hybridized carbons (Fsp3) is 0.474. The van der Waals surface area contributed by atoms with Crippen molar-refractivity contribution in [3.8, 4) is 0 Å². The first kappa shape index (κ1) is 19.0. The van der Waals surface area contributed by atoms with Crippen molar-refractivity contribution in [1.82, 2.24) is 15.1 Å². The van der Waals surface area contributed by atoms with Crippen molar-refractivity contribution in [2.45, 2.75) is 25.8 Å². The van der Waals surface area contributed by atoms with Crippen molar-refractivity contribution in [2.75, 3.05) is 38.0 Å². The Morgan fingerprint density at radius 2 is 1.78 bits per heavy atom. The molecule has 8 heteroatoms. The predicted octanol–water partition coefficient (Wildman–Crippen LogP) is 0.251. The molecule has 1 heterocycles. The molecule has 27 heavy (non-hydrogen) atoms. The summed E-state index contributed by atoms with van der Waals surface area (Å²) >= 11 is 0. The molecular weight excluding hydrogens is 348 g/mol. The smallest absolute Gasteiger partial charge is 0.311 e. The second-order valence-electron chi connectivity index (χ2n) is 7.00. The minimum Gasteiger partial charge on any atom is -0.345 e. The van der Waals surface area contributed by atoms with Gasteiger partial charge >= 0.3 is 11.8 Å². The Bertz CT molecular complexity index is 752. The maximum atomic E-state index is 12.2. The monoisotopic (exact) mass is 372 g/mol. The van der Waals surface area contributed by atoms with Crippen LogP contribution in [0.4, 0.5) is 5.69 Å². The Labute approximate surface area is 157 Å². The summed E-state index contributed by atoms with van der Waals surface area (Å²) in [6, 6.07) is 6.97. The molecule has 0 bridgehead atoms. The van der Waals surface area contributed by atoms with Gasteiger partial charge in [0.2, 0.25) is 5.91 Å². The van der Waals surface area contributed by atoms with E-state index in [2.05, 4.69) is 10.6 Å². The highest BCUT2D eigenvalue weighted by atomic mass is 16.2. The summed E-state index contributed by atoms with van der Waals surface area (Å²) in [7, 11) is 0. The van der Waals surface area contributed by atoms with E-state index in [0.29, 0.717) is 37.4 Å². The van der Waals surface area contributed by atoms with Crippen LogP contribution in [0.25, 0.3) is 0 Å². The summed E-state index contributed by atoms with van der Waals surface area (Å²) < 4.78 is 0. The van der Waals surface area contributed by atoms with Gasteiger partial charge in [-0.25, -0.2) is 0 Å². The number of hydrogen-bond donors (Lipinski definition) is 2. The number of nitrogens with zero attached hydrogens (tertiary/aromatic N) is 2. The zero-order valence-electron chi connectivity index (χ0n) is 15.4. The Balaban J connectivity index is 1.43. The van der Waals surface area contributed by atoms with Crippen molar-refractivity contribution in [3.05, 3.63) is 29.8 Å². The molecule has 3 rings (SSSR count). The first-order valence-corrected chi connectivity index (χ1v) is 9.15. The van der Waals surface area contributed by atoms with E-state index in [0.717, 1.165) is 12.8 Å². The van der Waals surface area contributed by atoms with E-state index >= 15 is 0 Å². The van der Waals surface area contributed by atoms with Gasteiger partial charge in [-0.2, -0.15) is 0 Å². The molecule has 2 N–H and O–H groups in total. The number of piperazine rings is 1. The first-order chi connectivity index (χ1) is 12.9. The number of carbonyl (C=O) groups excluding carboxylic acids is 4. The molecule has 8 nitrogen and oxygen atoms in total. The fourth-order valence-corrected chi connectivity index (χ4v) is 2.95. The third kappa shape index (κ3) is 5.37. The molecule has 1 aromatic rings. The van der Waals surface area contributed by atoms with E-state index in [9.17, 15) is 19.2 Å². The highest BCUT2D eigenvalue weighted by Gasteiger charge is 2.30. The number of ketones is 1. The van der Waals surface area contributed by atoms with Crippen molar-refractivity contribution >= 4 is 29.2 Å². The first-order valence-electron chi connectivity index (χ1n) is 9.15. The average Bonchev–Trinajstić information content (AvgIpc) is 3.45. The van der Waals surface area contributed by atoms with Gasteiger partial charge in [-0.3, -0.25) is 24.1 Å². The SMILES string of the molecule is CC(=O)c1cccc(NC(=O)CN2CCN(C(=O)C(=O)NC3CC3)CC2)c1. The largest absolute Gasteiger partial charge is 0.345 e. The molecule has 1 aliphatic heterocycles. The highest BCUT2D eigenvalue weighted by Crippen LogP contribution is 2.18. The Kier molecular flexibility index (Phi) is 5.85. The molecule has 1 aromatic carbocycles. The number of benzene rings is 1. The van der Waals surface area contributed by atoms with Crippen LogP contribution in [0.1, 0.15) is 30.1 Å². The van der Waals surface area contributed by atoms with Crippen LogP contribution in [0.5, 0.6) is 0 Å².